The number of nitrogens with zero attached hydrogens (tertiary/aromatic N) is 6. The number of fused-ring (bicyclic) bond motifs is 1. The van der Waals surface area contributed by atoms with Gasteiger partial charge in [-0.3, -0.25) is 58.7 Å². The normalized spacial score (nSPS) is 11.2. The molecule has 0 aliphatic rings. The molecule has 0 unspecified atom stereocenters. The Balaban J connectivity index is 1.31. The average Bonchev–Trinajstić information content (AvgIpc) is 3.15. The molecule has 2 amide bonds. The molecule has 0 spiro atoms. The molecule has 2 heterocycles. The zero-order valence-corrected chi connectivity index (χ0v) is 31.2. The van der Waals surface area contributed by atoms with Crippen molar-refractivity contribution in [2.75, 3.05) is 104 Å². The number of rotatable bonds is 28. The summed E-state index contributed by atoms with van der Waals surface area (Å²) >= 11 is 0. The van der Waals surface area contributed by atoms with Crippen molar-refractivity contribution >= 4 is 58.5 Å². The van der Waals surface area contributed by atoms with Crippen LogP contribution < -0.4 is 21.9 Å². The van der Waals surface area contributed by atoms with Gasteiger partial charge in [0.15, 0.2) is 11.2 Å². The number of aromatic amines is 1. The third-order valence-corrected chi connectivity index (χ3v) is 7.87. The first-order chi connectivity index (χ1) is 27.6. The van der Waals surface area contributed by atoms with Gasteiger partial charge in [-0.1, -0.05) is 12.1 Å². The summed E-state index contributed by atoms with van der Waals surface area (Å²) in [6, 6.07) is 6.19. The number of nitrogens with one attached hydrogen (secondary N) is 4. The second kappa shape index (κ2) is 23.6. The molecule has 0 fully saturated rings. The fraction of sp³-hybridized carbons (Fsp3) is 0.441. The maximum absolute atomic E-state index is 12.6. The fourth-order valence-corrected chi connectivity index (χ4v) is 5.20. The number of amides is 2. The lowest BCUT2D eigenvalue weighted by Gasteiger charge is -2.27. The molecule has 0 saturated heterocycles. The van der Waals surface area contributed by atoms with Crippen LogP contribution in [0, 0.1) is 5.41 Å². The monoisotopic (exact) mass is 815 g/mol. The zero-order valence-electron chi connectivity index (χ0n) is 31.2. The third-order valence-electron chi connectivity index (χ3n) is 7.87. The van der Waals surface area contributed by atoms with Gasteiger partial charge in [0.05, 0.1) is 71.1 Å². The lowest BCUT2D eigenvalue weighted by Crippen LogP contribution is -2.46. The number of aliphatic carboxylic acids is 4. The van der Waals surface area contributed by atoms with Gasteiger partial charge in [-0.15, -0.1) is 0 Å². The Morgan fingerprint density at radius 2 is 1.17 bits per heavy atom. The highest BCUT2D eigenvalue weighted by molar-refractivity contribution is 6.10. The van der Waals surface area contributed by atoms with Gasteiger partial charge < -0.3 is 46.3 Å². The van der Waals surface area contributed by atoms with Crippen molar-refractivity contribution in [3.8, 4) is 0 Å². The molecule has 24 nitrogen and oxygen atoms in total. The van der Waals surface area contributed by atoms with Crippen LogP contribution >= 0.6 is 0 Å². The number of nitrogens with two attached hydrogens (primary N) is 1. The van der Waals surface area contributed by atoms with E-state index in [0.29, 0.717) is 11.1 Å². The molecule has 0 radical (unpaired) electrons. The molecule has 24 heteroatoms. The van der Waals surface area contributed by atoms with Crippen LogP contribution in [0.25, 0.3) is 11.2 Å². The second-order valence-corrected chi connectivity index (χ2v) is 12.4. The summed E-state index contributed by atoms with van der Waals surface area (Å²) in [4.78, 5) is 100. The van der Waals surface area contributed by atoms with E-state index >= 15 is 0 Å². The predicted molar refractivity (Wildman–Crippen MR) is 202 cm³/mol. The van der Waals surface area contributed by atoms with Crippen LogP contribution in [0.3, 0.4) is 0 Å². The Bertz CT molecular complexity index is 1960. The number of carboxylic acids is 4. The second-order valence-electron chi connectivity index (χ2n) is 12.4. The summed E-state index contributed by atoms with van der Waals surface area (Å²) < 4.78 is 10.9. The number of carbonyl (C=O) groups is 6. The maximum Gasteiger partial charge on any atom is 0.317 e. The Morgan fingerprint density at radius 1 is 0.690 bits per heavy atom. The molecule has 3 rings (SSSR count). The zero-order chi connectivity index (χ0) is 42.6. The number of carboxylic acid groups (broad SMARTS) is 4. The summed E-state index contributed by atoms with van der Waals surface area (Å²) in [6.45, 7) is -1.63. The molecule has 58 heavy (non-hydrogen) atoms. The standard InChI is InChI=1S/C34H45N11O13/c35-29(23-15-39-31-30(40-23)33(56)42-34(36)41-31)21-1-3-22(4-2-21)32(55)38-6-12-58-14-13-57-11-5-37-24(46)16-44(18-26(49)50)9-7-43(17-25(47)48)8-10-45(19-27(51)52)20-28(53)54/h1-4,15,35H,5-14,16-20H2,(H,37,46)(H,38,55)(H,47,48)(H,49,50)(H,51,52)(H,53,54)(H3,36,39,41,42,56). The van der Waals surface area contributed by atoms with Crippen molar-refractivity contribution in [2.45, 2.75) is 0 Å². The smallest absolute Gasteiger partial charge is 0.317 e. The van der Waals surface area contributed by atoms with Crippen LogP contribution in [0.2, 0.25) is 0 Å². The van der Waals surface area contributed by atoms with Crippen LogP contribution in [0.1, 0.15) is 21.6 Å². The van der Waals surface area contributed by atoms with Gasteiger partial charge in [0.25, 0.3) is 11.5 Å². The van der Waals surface area contributed by atoms with Gasteiger partial charge in [0.1, 0.15) is 5.69 Å². The summed E-state index contributed by atoms with van der Waals surface area (Å²) in [7, 11) is 0. The Morgan fingerprint density at radius 3 is 1.72 bits per heavy atom. The summed E-state index contributed by atoms with van der Waals surface area (Å²) in [5.74, 6) is -5.92. The minimum atomic E-state index is -1.26. The first-order valence-electron chi connectivity index (χ1n) is 17.6. The lowest BCUT2D eigenvalue weighted by atomic mass is 10.1. The van der Waals surface area contributed by atoms with E-state index in [4.69, 9.17) is 30.8 Å². The molecule has 2 aromatic heterocycles. The summed E-state index contributed by atoms with van der Waals surface area (Å²) in [5.41, 5.74) is 5.80. The first kappa shape index (κ1) is 45.9. The number of ether oxygens (including phenoxy) is 2. The van der Waals surface area contributed by atoms with E-state index in [-0.39, 0.29) is 107 Å². The molecule has 0 bridgehead atoms. The fourth-order valence-electron chi connectivity index (χ4n) is 5.20. The van der Waals surface area contributed by atoms with E-state index in [1.54, 1.807) is 12.1 Å². The van der Waals surface area contributed by atoms with Gasteiger partial charge >= 0.3 is 23.9 Å². The predicted octanol–water partition coefficient (Wildman–Crippen LogP) is -3.16. The van der Waals surface area contributed by atoms with Crippen LogP contribution in [0.15, 0.2) is 35.3 Å². The number of aromatic nitrogens is 4. The minimum absolute atomic E-state index is 0.00191. The molecular formula is C34H45N11O13. The Labute approximate surface area is 329 Å². The van der Waals surface area contributed by atoms with E-state index in [1.807, 2.05) is 0 Å². The number of nitrogen functional groups attached to an aromatic ring is 1. The maximum atomic E-state index is 12.6. The van der Waals surface area contributed by atoms with Crippen molar-refractivity contribution in [1.29, 1.82) is 5.41 Å². The largest absolute Gasteiger partial charge is 0.480 e. The summed E-state index contributed by atoms with van der Waals surface area (Å²) in [5, 5.41) is 50.4. The van der Waals surface area contributed by atoms with Crippen molar-refractivity contribution < 1.29 is 58.7 Å². The molecule has 3 aromatic rings. The quantitative estimate of drug-likeness (QED) is 0.0258. The average molecular weight is 816 g/mol. The number of carbonyl (C=O) groups excluding carboxylic acids is 2. The lowest BCUT2D eigenvalue weighted by molar-refractivity contribution is -0.143. The number of anilines is 1. The van der Waals surface area contributed by atoms with Crippen molar-refractivity contribution in [3.05, 3.63) is 57.6 Å². The van der Waals surface area contributed by atoms with Gasteiger partial charge in [-0.05, 0) is 12.1 Å². The van der Waals surface area contributed by atoms with Crippen LogP contribution in [-0.4, -0.2) is 195 Å². The highest BCUT2D eigenvalue weighted by Crippen LogP contribution is 2.11. The molecule has 0 atom stereocenters. The van der Waals surface area contributed by atoms with E-state index in [1.165, 1.54) is 28.1 Å². The van der Waals surface area contributed by atoms with E-state index < -0.39 is 61.5 Å². The highest BCUT2D eigenvalue weighted by atomic mass is 16.5. The molecule has 1 aromatic carbocycles. The third kappa shape index (κ3) is 16.7. The van der Waals surface area contributed by atoms with Gasteiger partial charge in [0.2, 0.25) is 11.9 Å². The molecule has 0 aliphatic carbocycles. The molecule has 314 valence electrons. The molecule has 10 N–H and O–H groups in total. The highest BCUT2D eigenvalue weighted by Gasteiger charge is 2.20. The van der Waals surface area contributed by atoms with E-state index in [0.717, 1.165) is 4.90 Å². The van der Waals surface area contributed by atoms with E-state index in [2.05, 4.69) is 30.6 Å². The number of H-pyrrole nitrogens is 1. The minimum Gasteiger partial charge on any atom is -0.480 e. The first-order valence-corrected chi connectivity index (χ1v) is 17.6. The number of hydrogen-bond donors (Lipinski definition) is 9. The number of hydrogen-bond acceptors (Lipinski definition) is 17. The topological polar surface area (TPSA) is 357 Å². The van der Waals surface area contributed by atoms with Gasteiger partial charge in [0, 0.05) is 50.4 Å². The van der Waals surface area contributed by atoms with Gasteiger partial charge in [-0.2, -0.15) is 4.98 Å². The van der Waals surface area contributed by atoms with Crippen molar-refractivity contribution in [1.82, 2.24) is 45.3 Å². The SMILES string of the molecule is N=C(c1ccc(C(=O)NCCOCCOCCNC(=O)CN(CCN(CCN(CC(=O)O)CC(=O)O)CC(=O)O)CC(=O)O)cc1)c1cnc2nc(N)[nH]c(=O)c2n1. The van der Waals surface area contributed by atoms with Crippen LogP contribution in [-0.2, 0) is 33.4 Å². The summed E-state index contributed by atoms with van der Waals surface area (Å²) in [6.07, 6.45) is 1.30. The van der Waals surface area contributed by atoms with Gasteiger partial charge in [-0.25, -0.2) is 9.97 Å². The molecular weight excluding hydrogens is 770 g/mol. The Kier molecular flexibility index (Phi) is 18.7. The molecule has 0 saturated carbocycles. The molecule has 0 aliphatic heterocycles. The Hall–Kier alpha value is -6.47. The number of benzene rings is 1. The van der Waals surface area contributed by atoms with Crippen molar-refractivity contribution in [3.63, 3.8) is 0 Å². The van der Waals surface area contributed by atoms with Crippen molar-refractivity contribution in [2.24, 2.45) is 0 Å². The van der Waals surface area contributed by atoms with Crippen LogP contribution in [0.4, 0.5) is 5.95 Å². The van der Waals surface area contributed by atoms with Crippen LogP contribution in [0.5, 0.6) is 0 Å². The van der Waals surface area contributed by atoms with E-state index in [9.17, 15) is 43.8 Å².